The van der Waals surface area contributed by atoms with Gasteiger partial charge in [0.25, 0.3) is 0 Å². The first kappa shape index (κ1) is 21.7. The number of nitrogens with zero attached hydrogens (tertiary/aromatic N) is 1. The summed E-state index contributed by atoms with van der Waals surface area (Å²) in [5, 5.41) is 0. The Balaban J connectivity index is 1.25. The maximum Gasteiger partial charge on any atom is 0.343 e. The molecule has 4 aromatic carbocycles. The van der Waals surface area contributed by atoms with E-state index in [4.69, 9.17) is 4.74 Å². The van der Waals surface area contributed by atoms with E-state index in [1.165, 1.54) is 4.90 Å². The molecule has 1 fully saturated rings. The molecule has 2 bridgehead atoms. The van der Waals surface area contributed by atoms with Crippen molar-refractivity contribution in [2.75, 3.05) is 4.90 Å². The van der Waals surface area contributed by atoms with E-state index >= 15 is 0 Å². The summed E-state index contributed by atoms with van der Waals surface area (Å²) < 4.78 is 5.60. The van der Waals surface area contributed by atoms with Crippen LogP contribution in [0.15, 0.2) is 97.1 Å². The van der Waals surface area contributed by atoms with Crippen molar-refractivity contribution < 1.29 is 19.1 Å². The van der Waals surface area contributed by atoms with Crippen LogP contribution in [0.2, 0.25) is 0 Å². The molecule has 0 saturated carbocycles. The molecule has 0 unspecified atom stereocenters. The molecule has 1 aliphatic heterocycles. The molecule has 1 heterocycles. The minimum atomic E-state index is -0.492. The van der Waals surface area contributed by atoms with E-state index in [-0.39, 0.29) is 29.4 Å². The van der Waals surface area contributed by atoms with Crippen molar-refractivity contribution in [3.63, 3.8) is 0 Å². The van der Waals surface area contributed by atoms with Crippen LogP contribution in [0, 0.1) is 18.8 Å². The van der Waals surface area contributed by atoms with Gasteiger partial charge in [0.15, 0.2) is 0 Å². The van der Waals surface area contributed by atoms with Gasteiger partial charge in [0.1, 0.15) is 5.75 Å². The van der Waals surface area contributed by atoms with E-state index in [0.29, 0.717) is 11.3 Å². The van der Waals surface area contributed by atoms with Gasteiger partial charge in [-0.2, -0.15) is 0 Å². The Morgan fingerprint density at radius 3 is 1.70 bits per heavy atom. The third-order valence-electron chi connectivity index (χ3n) is 8.02. The fraction of sp³-hybridized carbons (Fsp3) is 0.156. The Labute approximate surface area is 214 Å². The number of imide groups is 1. The van der Waals surface area contributed by atoms with Crippen molar-refractivity contribution in [3.8, 4) is 5.75 Å². The van der Waals surface area contributed by atoms with Crippen LogP contribution in [0.3, 0.4) is 0 Å². The summed E-state index contributed by atoms with van der Waals surface area (Å²) in [5.41, 5.74) is 6.44. The van der Waals surface area contributed by atoms with Crippen molar-refractivity contribution in [3.05, 3.63) is 130 Å². The highest BCUT2D eigenvalue weighted by Crippen LogP contribution is 2.61. The second kappa shape index (κ2) is 8.00. The summed E-state index contributed by atoms with van der Waals surface area (Å²) in [7, 11) is 0. The molecule has 3 aliphatic carbocycles. The highest BCUT2D eigenvalue weighted by Gasteiger charge is 2.61. The molecule has 180 valence electrons. The zero-order chi connectivity index (χ0) is 25.3. The molecule has 5 nitrogen and oxygen atoms in total. The Morgan fingerprint density at radius 1 is 0.676 bits per heavy atom. The third-order valence-corrected chi connectivity index (χ3v) is 8.02. The lowest BCUT2D eigenvalue weighted by atomic mass is 9.55. The predicted molar refractivity (Wildman–Crippen MR) is 139 cm³/mol. The summed E-state index contributed by atoms with van der Waals surface area (Å²) in [6.07, 6.45) is 0. The topological polar surface area (TPSA) is 63.7 Å². The number of ether oxygens (including phenoxy) is 1. The number of hydrogen-bond donors (Lipinski definition) is 0. The first-order valence-electron chi connectivity index (χ1n) is 12.5. The van der Waals surface area contributed by atoms with Crippen LogP contribution < -0.4 is 9.64 Å². The van der Waals surface area contributed by atoms with Crippen molar-refractivity contribution in [1.82, 2.24) is 0 Å². The van der Waals surface area contributed by atoms with E-state index < -0.39 is 17.8 Å². The van der Waals surface area contributed by atoms with Gasteiger partial charge < -0.3 is 4.74 Å². The lowest BCUT2D eigenvalue weighted by molar-refractivity contribution is -0.122. The lowest BCUT2D eigenvalue weighted by Crippen LogP contribution is -2.41. The number of hydrogen-bond acceptors (Lipinski definition) is 4. The van der Waals surface area contributed by atoms with Gasteiger partial charge in [0, 0.05) is 17.9 Å². The van der Waals surface area contributed by atoms with Crippen molar-refractivity contribution in [1.29, 1.82) is 0 Å². The number of benzene rings is 4. The summed E-state index contributed by atoms with van der Waals surface area (Å²) >= 11 is 0. The maximum absolute atomic E-state index is 13.9. The normalized spacial score (nSPS) is 22.9. The minimum absolute atomic E-state index is 0.161. The van der Waals surface area contributed by atoms with Crippen LogP contribution in [0.1, 0.15) is 50.0 Å². The lowest BCUT2D eigenvalue weighted by Gasteiger charge is -2.45. The Kier molecular flexibility index (Phi) is 4.70. The van der Waals surface area contributed by atoms with Crippen molar-refractivity contribution in [2.45, 2.75) is 18.8 Å². The number of amides is 2. The van der Waals surface area contributed by atoms with Gasteiger partial charge in [-0.1, -0.05) is 72.3 Å². The zero-order valence-corrected chi connectivity index (χ0v) is 20.1. The molecule has 0 spiro atoms. The second-order valence-electron chi connectivity index (χ2n) is 10.0. The summed E-state index contributed by atoms with van der Waals surface area (Å²) in [6.45, 7) is 1.95. The fourth-order valence-corrected chi connectivity index (χ4v) is 6.47. The molecule has 4 aromatic rings. The number of rotatable bonds is 3. The Hall–Kier alpha value is -4.51. The molecule has 4 aliphatic rings. The van der Waals surface area contributed by atoms with E-state index in [9.17, 15) is 14.4 Å². The second-order valence-corrected chi connectivity index (χ2v) is 10.0. The van der Waals surface area contributed by atoms with Crippen LogP contribution in [0.5, 0.6) is 5.75 Å². The van der Waals surface area contributed by atoms with Gasteiger partial charge in [-0.15, -0.1) is 0 Å². The third kappa shape index (κ3) is 3.13. The molecule has 5 heteroatoms. The maximum atomic E-state index is 13.9. The minimum Gasteiger partial charge on any atom is -0.423 e. The number of anilines is 1. The van der Waals surface area contributed by atoms with E-state index in [1.54, 1.807) is 36.4 Å². The number of esters is 1. The summed E-state index contributed by atoms with van der Waals surface area (Å²) in [5.74, 6) is -1.84. The van der Waals surface area contributed by atoms with Gasteiger partial charge in [0.2, 0.25) is 11.8 Å². The Bertz CT molecular complexity index is 1490. The predicted octanol–water partition coefficient (Wildman–Crippen LogP) is 5.61. The van der Waals surface area contributed by atoms with E-state index in [2.05, 4.69) is 24.3 Å². The van der Waals surface area contributed by atoms with Crippen molar-refractivity contribution >= 4 is 23.5 Å². The van der Waals surface area contributed by atoms with E-state index in [0.717, 1.165) is 27.8 Å². The first-order chi connectivity index (χ1) is 18.0. The van der Waals surface area contributed by atoms with Crippen LogP contribution in [-0.2, 0) is 9.59 Å². The molecule has 8 rings (SSSR count). The van der Waals surface area contributed by atoms with Crippen LogP contribution >= 0.6 is 0 Å². The zero-order valence-electron chi connectivity index (χ0n) is 20.1. The molecule has 37 heavy (non-hydrogen) atoms. The average molecular weight is 486 g/mol. The molecule has 2 atom stereocenters. The first-order valence-corrected chi connectivity index (χ1v) is 12.5. The van der Waals surface area contributed by atoms with Crippen LogP contribution in [0.25, 0.3) is 0 Å². The largest absolute Gasteiger partial charge is 0.423 e. The number of carbonyl (C=O) groups is 3. The van der Waals surface area contributed by atoms with Crippen LogP contribution in [0.4, 0.5) is 5.69 Å². The quantitative estimate of drug-likeness (QED) is 0.215. The number of aryl methyl sites for hydroxylation is 1. The molecule has 0 aromatic heterocycles. The van der Waals surface area contributed by atoms with Gasteiger partial charge >= 0.3 is 5.97 Å². The molecular weight excluding hydrogens is 462 g/mol. The monoisotopic (exact) mass is 485 g/mol. The average Bonchev–Trinajstić information content (AvgIpc) is 3.19. The molecule has 2 amide bonds. The SMILES string of the molecule is Cc1ccc(C(=O)Oc2cccc(N3C(=O)[C@@H]4C5c6ccccc6C(c6ccccc65)[C@H]4C3=O)c2)cc1. The van der Waals surface area contributed by atoms with Gasteiger partial charge in [0.05, 0.1) is 23.1 Å². The van der Waals surface area contributed by atoms with Gasteiger partial charge in [-0.05, 0) is 53.4 Å². The highest BCUT2D eigenvalue weighted by molar-refractivity contribution is 6.23. The fourth-order valence-electron chi connectivity index (χ4n) is 6.47. The van der Waals surface area contributed by atoms with E-state index in [1.807, 2.05) is 43.3 Å². The molecule has 0 N–H and O–H groups in total. The standard InChI is InChI=1S/C32H23NO4/c1-18-13-15-19(16-14-18)32(36)37-21-8-6-7-20(17-21)33-30(34)28-26-22-9-2-3-10-23(22)27(29(28)31(33)35)25-12-5-4-11-24(25)26/h2-17,26-29H,1H3/t26?,27?,28-,29-/m1/s1. The van der Waals surface area contributed by atoms with Crippen LogP contribution in [-0.4, -0.2) is 17.8 Å². The van der Waals surface area contributed by atoms with Gasteiger partial charge in [-0.25, -0.2) is 9.69 Å². The Morgan fingerprint density at radius 2 is 1.19 bits per heavy atom. The summed E-state index contributed by atoms with van der Waals surface area (Å²) in [6, 6.07) is 30.2. The smallest absolute Gasteiger partial charge is 0.343 e. The summed E-state index contributed by atoms with van der Waals surface area (Å²) in [4.78, 5) is 41.9. The highest BCUT2D eigenvalue weighted by atomic mass is 16.5. The molecule has 1 saturated heterocycles. The number of carbonyl (C=O) groups excluding carboxylic acids is 3. The molecular formula is C32H23NO4. The van der Waals surface area contributed by atoms with Crippen molar-refractivity contribution in [2.24, 2.45) is 11.8 Å². The molecule has 0 radical (unpaired) electrons. The van der Waals surface area contributed by atoms with Gasteiger partial charge in [-0.3, -0.25) is 9.59 Å².